The van der Waals surface area contributed by atoms with Gasteiger partial charge in [0.25, 0.3) is 5.91 Å². The maximum atomic E-state index is 11.8. The predicted octanol–water partition coefficient (Wildman–Crippen LogP) is 2.61. The Labute approximate surface area is 105 Å². The van der Waals surface area contributed by atoms with Crippen LogP contribution in [0.15, 0.2) is 18.3 Å². The molecule has 0 aliphatic carbocycles. The Morgan fingerprint density at radius 2 is 2.44 bits per heavy atom. The molecule has 1 N–H and O–H groups in total. The van der Waals surface area contributed by atoms with Gasteiger partial charge in [0, 0.05) is 18.0 Å². The van der Waals surface area contributed by atoms with Gasteiger partial charge in [-0.05, 0) is 24.8 Å². The quantitative estimate of drug-likeness (QED) is 0.826. The monoisotopic (exact) mass is 258 g/mol. The smallest absolute Gasteiger partial charge is 0.254 e. The van der Waals surface area contributed by atoms with Gasteiger partial charge >= 0.3 is 0 Å². The fourth-order valence-electron chi connectivity index (χ4n) is 1.19. The molecule has 1 heterocycles. The van der Waals surface area contributed by atoms with Crippen LogP contribution in [-0.4, -0.2) is 28.4 Å². The van der Waals surface area contributed by atoms with Crippen molar-refractivity contribution in [2.75, 3.05) is 11.5 Å². The molecule has 0 saturated carbocycles. The van der Waals surface area contributed by atoms with Gasteiger partial charge in [-0.2, -0.15) is 11.8 Å². The fraction of sp³-hybridized carbons (Fsp3) is 0.455. The molecule has 0 aliphatic heterocycles. The molecule has 3 nitrogen and oxygen atoms in total. The fourth-order valence-corrected chi connectivity index (χ4v) is 2.07. The van der Waals surface area contributed by atoms with Gasteiger partial charge < -0.3 is 5.32 Å². The van der Waals surface area contributed by atoms with Crippen molar-refractivity contribution >= 4 is 29.3 Å². The van der Waals surface area contributed by atoms with Crippen LogP contribution in [0.25, 0.3) is 0 Å². The number of carbonyl (C=O) groups is 1. The summed E-state index contributed by atoms with van der Waals surface area (Å²) in [4.78, 5) is 15.7. The second-order valence-electron chi connectivity index (χ2n) is 3.38. The lowest BCUT2D eigenvalue weighted by molar-refractivity contribution is 0.0943. The van der Waals surface area contributed by atoms with E-state index < -0.39 is 0 Å². The van der Waals surface area contributed by atoms with Gasteiger partial charge in [-0.1, -0.05) is 18.5 Å². The molecule has 1 amide bonds. The van der Waals surface area contributed by atoms with Crippen molar-refractivity contribution in [1.82, 2.24) is 10.3 Å². The van der Waals surface area contributed by atoms with E-state index in [1.807, 2.05) is 6.92 Å². The summed E-state index contributed by atoms with van der Waals surface area (Å²) in [5, 5.41) is 3.13. The summed E-state index contributed by atoms with van der Waals surface area (Å²) < 4.78 is 0. The van der Waals surface area contributed by atoms with Crippen molar-refractivity contribution in [2.45, 2.75) is 19.9 Å². The van der Waals surface area contributed by atoms with Gasteiger partial charge in [-0.15, -0.1) is 0 Å². The summed E-state index contributed by atoms with van der Waals surface area (Å²) in [6, 6.07) is 3.50. The molecule has 1 unspecified atom stereocenters. The number of carbonyl (C=O) groups excluding carboxylic acids is 1. The third-order valence-corrected chi connectivity index (χ3v) is 3.40. The van der Waals surface area contributed by atoms with E-state index in [9.17, 15) is 4.79 Å². The van der Waals surface area contributed by atoms with Crippen LogP contribution in [0.5, 0.6) is 0 Å². The highest BCUT2D eigenvalue weighted by Crippen LogP contribution is 2.11. The van der Waals surface area contributed by atoms with Crippen molar-refractivity contribution in [3.8, 4) is 0 Å². The molecule has 0 saturated heterocycles. The number of nitrogens with zero attached hydrogens (tertiary/aromatic N) is 1. The molecule has 5 heteroatoms. The van der Waals surface area contributed by atoms with E-state index in [0.29, 0.717) is 5.56 Å². The average Bonchev–Trinajstić information content (AvgIpc) is 2.26. The normalized spacial score (nSPS) is 12.2. The molecular formula is C11H15ClN2OS. The lowest BCUT2D eigenvalue weighted by Crippen LogP contribution is -2.34. The van der Waals surface area contributed by atoms with E-state index in [1.54, 1.807) is 30.1 Å². The number of halogens is 1. The molecule has 1 aromatic heterocycles. The molecule has 1 atom stereocenters. The summed E-state index contributed by atoms with van der Waals surface area (Å²) >= 11 is 7.62. The van der Waals surface area contributed by atoms with Gasteiger partial charge in [0.1, 0.15) is 5.15 Å². The van der Waals surface area contributed by atoms with Crippen molar-refractivity contribution in [3.05, 3.63) is 29.0 Å². The zero-order valence-corrected chi connectivity index (χ0v) is 10.9. The molecule has 0 spiro atoms. The maximum absolute atomic E-state index is 11.8. The van der Waals surface area contributed by atoms with Crippen LogP contribution in [0.4, 0.5) is 0 Å². The Kier molecular flexibility index (Phi) is 5.63. The summed E-state index contributed by atoms with van der Waals surface area (Å²) in [6.07, 6.45) is 1.56. The Balaban J connectivity index is 2.56. The minimum Gasteiger partial charge on any atom is -0.349 e. The molecule has 0 radical (unpaired) electrons. The van der Waals surface area contributed by atoms with Crippen molar-refractivity contribution in [2.24, 2.45) is 0 Å². The zero-order chi connectivity index (χ0) is 12.0. The minimum atomic E-state index is -0.165. The molecule has 1 rings (SSSR count). The summed E-state index contributed by atoms with van der Waals surface area (Å²) in [5.74, 6) is 1.79. The number of thioether (sulfide) groups is 1. The van der Waals surface area contributed by atoms with Gasteiger partial charge in [0.15, 0.2) is 0 Å². The third-order valence-electron chi connectivity index (χ3n) is 1.95. The van der Waals surface area contributed by atoms with E-state index in [4.69, 9.17) is 11.6 Å². The first-order valence-corrected chi connectivity index (χ1v) is 6.67. The van der Waals surface area contributed by atoms with E-state index in [0.717, 1.165) is 11.5 Å². The van der Waals surface area contributed by atoms with Crippen LogP contribution in [0.2, 0.25) is 5.15 Å². The van der Waals surface area contributed by atoms with Gasteiger partial charge in [0.2, 0.25) is 0 Å². The van der Waals surface area contributed by atoms with E-state index >= 15 is 0 Å². The molecule has 0 fully saturated rings. The SMILES string of the molecule is CCSCC(C)NC(=O)c1cccnc1Cl. The van der Waals surface area contributed by atoms with Crippen molar-refractivity contribution < 1.29 is 4.79 Å². The predicted molar refractivity (Wildman–Crippen MR) is 69.2 cm³/mol. The second kappa shape index (κ2) is 6.76. The van der Waals surface area contributed by atoms with Crippen LogP contribution in [0.3, 0.4) is 0 Å². The first-order valence-electron chi connectivity index (χ1n) is 5.14. The van der Waals surface area contributed by atoms with Crippen LogP contribution in [-0.2, 0) is 0 Å². The first-order chi connectivity index (χ1) is 7.65. The van der Waals surface area contributed by atoms with Crippen molar-refractivity contribution in [1.29, 1.82) is 0 Å². The highest BCUT2D eigenvalue weighted by molar-refractivity contribution is 7.99. The lowest BCUT2D eigenvalue weighted by atomic mass is 10.2. The molecule has 1 aromatic rings. The van der Waals surface area contributed by atoms with Crippen LogP contribution in [0, 0.1) is 0 Å². The summed E-state index contributed by atoms with van der Waals surface area (Å²) in [6.45, 7) is 4.07. The molecule has 88 valence electrons. The topological polar surface area (TPSA) is 42.0 Å². The Bertz CT molecular complexity index is 360. The second-order valence-corrected chi connectivity index (χ2v) is 5.05. The number of nitrogens with one attached hydrogen (secondary N) is 1. The molecule has 0 bridgehead atoms. The Morgan fingerprint density at radius 1 is 1.69 bits per heavy atom. The number of amides is 1. The van der Waals surface area contributed by atoms with Gasteiger partial charge in [-0.25, -0.2) is 4.98 Å². The lowest BCUT2D eigenvalue weighted by Gasteiger charge is -2.13. The van der Waals surface area contributed by atoms with Crippen LogP contribution < -0.4 is 5.32 Å². The number of hydrogen-bond acceptors (Lipinski definition) is 3. The minimum absolute atomic E-state index is 0.133. The highest BCUT2D eigenvalue weighted by Gasteiger charge is 2.12. The number of pyridine rings is 1. The van der Waals surface area contributed by atoms with Gasteiger partial charge in [0.05, 0.1) is 5.56 Å². The highest BCUT2D eigenvalue weighted by atomic mass is 35.5. The molecule has 16 heavy (non-hydrogen) atoms. The number of rotatable bonds is 5. The maximum Gasteiger partial charge on any atom is 0.254 e. The van der Waals surface area contributed by atoms with Crippen LogP contribution in [0.1, 0.15) is 24.2 Å². The first kappa shape index (κ1) is 13.3. The van der Waals surface area contributed by atoms with Gasteiger partial charge in [-0.3, -0.25) is 4.79 Å². The van der Waals surface area contributed by atoms with E-state index in [-0.39, 0.29) is 17.1 Å². The third kappa shape index (κ3) is 4.02. The largest absolute Gasteiger partial charge is 0.349 e. The zero-order valence-electron chi connectivity index (χ0n) is 9.37. The number of hydrogen-bond donors (Lipinski definition) is 1. The Hall–Kier alpha value is -0.740. The molecular weight excluding hydrogens is 244 g/mol. The standard InChI is InChI=1S/C11H15ClN2OS/c1-3-16-7-8(2)14-11(15)9-5-4-6-13-10(9)12/h4-6,8H,3,7H2,1-2H3,(H,14,15). The van der Waals surface area contributed by atoms with Crippen molar-refractivity contribution in [3.63, 3.8) is 0 Å². The molecule has 0 aliphatic rings. The number of aromatic nitrogens is 1. The van der Waals surface area contributed by atoms with Crippen LogP contribution >= 0.6 is 23.4 Å². The summed E-state index contributed by atoms with van der Waals surface area (Å²) in [7, 11) is 0. The van der Waals surface area contributed by atoms with E-state index in [1.165, 1.54) is 0 Å². The van der Waals surface area contributed by atoms with E-state index in [2.05, 4.69) is 17.2 Å². The average molecular weight is 259 g/mol. The molecule has 0 aromatic carbocycles. The Morgan fingerprint density at radius 3 is 3.06 bits per heavy atom. The summed E-state index contributed by atoms with van der Waals surface area (Å²) in [5.41, 5.74) is 0.428.